The Hall–Kier alpha value is -16.0. The molecule has 1 aliphatic rings. The molecule has 28 nitrogen and oxygen atoms in total. The number of methoxy groups -OCH3 is 1. The van der Waals surface area contributed by atoms with Crippen LogP contribution in [0.2, 0.25) is 0 Å². The van der Waals surface area contributed by atoms with Gasteiger partial charge in [0.2, 0.25) is 22.2 Å². The second kappa shape index (κ2) is 38.6. The number of anilines is 8. The van der Waals surface area contributed by atoms with Crippen LogP contribution in [-0.2, 0) is 6.42 Å². The fraction of sp³-hybridized carbons (Fsp3) is 0.147. The first kappa shape index (κ1) is 82.1. The molecule has 123 heavy (non-hydrogen) atoms. The van der Waals surface area contributed by atoms with E-state index in [2.05, 4.69) is 108 Å². The Kier molecular flexibility index (Phi) is 25.8. The van der Waals surface area contributed by atoms with Crippen LogP contribution >= 0.6 is 0 Å². The number of rotatable bonds is 23. The van der Waals surface area contributed by atoms with E-state index in [1.54, 1.807) is 93.1 Å². The van der Waals surface area contributed by atoms with Crippen LogP contribution in [0.3, 0.4) is 0 Å². The number of fused-ring (bicyclic) bond motifs is 4. The molecule has 0 aliphatic carbocycles. The van der Waals surface area contributed by atoms with Crippen LogP contribution < -0.4 is 58.9 Å². The summed E-state index contributed by atoms with van der Waals surface area (Å²) in [5.74, 6) is 0.697. The van der Waals surface area contributed by atoms with Gasteiger partial charge in [-0.05, 0) is 203 Å². The number of aryl methyl sites for hydroxylation is 1. The molecule has 28 heteroatoms. The van der Waals surface area contributed by atoms with Crippen LogP contribution in [-0.4, -0.2) is 137 Å². The van der Waals surface area contributed by atoms with E-state index in [9.17, 15) is 33.6 Å². The molecule has 10 N–H and O–H groups in total. The van der Waals surface area contributed by atoms with Gasteiger partial charge in [0.05, 0.1) is 52.6 Å². The Morgan fingerprint density at radius 1 is 0.407 bits per heavy atom. The number of unbranched alkanes of at least 4 members (excludes halogenated alkanes) is 1. The normalized spacial score (nSPS) is 11.9. The molecule has 12 aromatic heterocycles. The maximum absolute atomic E-state index is 12.8. The second-order valence-corrected chi connectivity index (χ2v) is 29.3. The van der Waals surface area contributed by atoms with Gasteiger partial charge in [-0.3, -0.25) is 51.2 Å². The maximum atomic E-state index is 12.8. The zero-order chi connectivity index (χ0) is 85.1. The monoisotopic (exact) mass is 1640 g/mol. The fourth-order valence-corrected chi connectivity index (χ4v) is 14.4. The van der Waals surface area contributed by atoms with Crippen LogP contribution in [0.5, 0.6) is 5.75 Å². The lowest BCUT2D eigenvalue weighted by Crippen LogP contribution is -2.48. The Morgan fingerprint density at radius 3 is 1.16 bits per heavy atom. The molecule has 5 aromatic carbocycles. The van der Waals surface area contributed by atoms with Crippen molar-refractivity contribution in [1.82, 2.24) is 77.9 Å². The SMILES string of the molecule is CC(C)NC(=O)c1ccc(Nc2ccc(-c3cc[nH]c(=O)c3)n3ccnc23)cc1.CCN1CCN(C(=O)c2ccc(Nc3ccc(-c4cc[nH]c(=O)c4)n4ccnc34)cc2)CC1.COc1cccc(Nc2ccc(-c3cc[nH]c(=O)c3)n3ccnc23)c1.O=C(NCCCCc1ccccc1)c1ccc(Nc2ccc(-c3cc[nH]c(=O)c3)n3ccnc23)cc1. The Labute approximate surface area is 706 Å². The molecule has 0 radical (unpaired) electrons. The van der Waals surface area contributed by atoms with Crippen molar-refractivity contribution in [3.05, 3.63) is 362 Å². The first-order valence-corrected chi connectivity index (χ1v) is 40.3. The smallest absolute Gasteiger partial charge is 0.253 e. The maximum Gasteiger partial charge on any atom is 0.253 e. The topological polar surface area (TPSA) is 340 Å². The summed E-state index contributed by atoms with van der Waals surface area (Å²) in [4.78, 5) is 117. The molecule has 0 unspecified atom stereocenters. The van der Waals surface area contributed by atoms with Gasteiger partial charge < -0.3 is 66.4 Å². The molecule has 3 amide bonds. The molecule has 0 atom stereocenters. The third kappa shape index (κ3) is 20.3. The summed E-state index contributed by atoms with van der Waals surface area (Å²) >= 11 is 0. The number of hydrogen-bond acceptors (Lipinski definition) is 17. The van der Waals surface area contributed by atoms with Crippen molar-refractivity contribution < 1.29 is 19.1 Å². The highest BCUT2D eigenvalue weighted by molar-refractivity contribution is 5.96. The number of imidazole rings is 4. The Balaban J connectivity index is 0.000000128. The van der Waals surface area contributed by atoms with Crippen molar-refractivity contribution in [3.8, 4) is 50.8 Å². The Morgan fingerprint density at radius 2 is 0.789 bits per heavy atom. The molecule has 13 heterocycles. The zero-order valence-corrected chi connectivity index (χ0v) is 68.0. The molecule has 18 rings (SSSR count). The zero-order valence-electron chi connectivity index (χ0n) is 68.0. The van der Waals surface area contributed by atoms with E-state index in [-0.39, 0.29) is 46.0 Å². The fourth-order valence-electron chi connectivity index (χ4n) is 14.4. The average Bonchev–Trinajstić information content (AvgIpc) is 1.70. The lowest BCUT2D eigenvalue weighted by atomic mass is 10.1. The standard InChI is InChI=1S/C29H27N5O2.C25H26N6O2.C22H21N5O2.C19H16N4O2/c35-27-20-23(15-17-30-27)26-14-13-25(28-31-18-19-34(26)28)33-24-11-9-22(10-12-24)29(36)32-16-5-4-8-21-6-2-1-3-7-21;1-2-29-13-15-30(16-14-29)25(33)18-3-5-20(6-4-18)28-21-7-8-22(31-12-11-27-24(21)31)19-9-10-26-23(32)17-19;1-14(2)25-22(29)15-3-5-17(6-4-15)26-18-7-8-19(27-12-11-24-21(18)27)16-9-10-23-20(28)13-16;1-25-15-4-2-3-14(12-15)22-16-5-6-17(23-10-9-21-19(16)23)13-7-8-20-18(24)11-13/h1-3,6-7,9-15,17-20,33H,4-5,8,16H2,(H,30,35)(H,32,36);3-12,17,28H,2,13-16H2,1H3,(H,26,32);3-14,26H,1-2H3,(H,23,28)(H,25,29);2-12,22H,1H3,(H,20,24). The number of benzene rings is 5. The quantitative estimate of drug-likeness (QED) is 0.0266. The molecular formula is C95H90N20O8. The minimum absolute atomic E-state index is 0.0703. The summed E-state index contributed by atoms with van der Waals surface area (Å²) in [5.41, 5.74) is 19.3. The molecule has 1 aliphatic heterocycles. The van der Waals surface area contributed by atoms with E-state index >= 15 is 0 Å². The lowest BCUT2D eigenvalue weighted by Gasteiger charge is -2.34. The number of carbonyl (C=O) groups is 3. The summed E-state index contributed by atoms with van der Waals surface area (Å²) in [7, 11) is 1.64. The number of aromatic nitrogens is 12. The number of carbonyl (C=O) groups excluding carboxylic acids is 3. The van der Waals surface area contributed by atoms with Crippen molar-refractivity contribution in [2.24, 2.45) is 0 Å². The van der Waals surface area contributed by atoms with E-state index in [1.807, 2.05) is 225 Å². The van der Waals surface area contributed by atoms with Crippen molar-refractivity contribution in [2.45, 2.75) is 46.1 Å². The van der Waals surface area contributed by atoms with Crippen LogP contribution in [0.25, 0.3) is 67.6 Å². The van der Waals surface area contributed by atoms with E-state index in [0.29, 0.717) is 23.2 Å². The number of hydrogen-bond donors (Lipinski definition) is 10. The van der Waals surface area contributed by atoms with Gasteiger partial charge in [-0.1, -0.05) is 43.3 Å². The summed E-state index contributed by atoms with van der Waals surface area (Å²) in [5, 5.41) is 19.4. The number of aromatic amines is 4. The summed E-state index contributed by atoms with van der Waals surface area (Å²) in [6.45, 7) is 11.1. The molecule has 0 bridgehead atoms. The predicted molar refractivity (Wildman–Crippen MR) is 483 cm³/mol. The van der Waals surface area contributed by atoms with Gasteiger partial charge in [-0.2, -0.15) is 0 Å². The highest BCUT2D eigenvalue weighted by atomic mass is 16.5. The van der Waals surface area contributed by atoms with Gasteiger partial charge >= 0.3 is 0 Å². The summed E-state index contributed by atoms with van der Waals surface area (Å²) < 4.78 is 13.0. The van der Waals surface area contributed by atoms with E-state index < -0.39 is 0 Å². The van der Waals surface area contributed by atoms with Gasteiger partial charge in [0.25, 0.3) is 17.7 Å². The molecule has 17 aromatic rings. The number of likely N-dealkylation sites (N-methyl/N-ethyl adjacent to an activating group) is 1. The second-order valence-electron chi connectivity index (χ2n) is 29.3. The summed E-state index contributed by atoms with van der Waals surface area (Å²) in [6.07, 6.45) is 23.9. The highest BCUT2D eigenvalue weighted by Crippen LogP contribution is 2.33. The first-order valence-electron chi connectivity index (χ1n) is 40.3. The van der Waals surface area contributed by atoms with Crippen molar-refractivity contribution in [3.63, 3.8) is 0 Å². The minimum atomic E-state index is -0.153. The van der Waals surface area contributed by atoms with Crippen LogP contribution in [0.15, 0.2) is 318 Å². The van der Waals surface area contributed by atoms with E-state index in [4.69, 9.17) is 4.74 Å². The highest BCUT2D eigenvalue weighted by Gasteiger charge is 2.23. The third-order valence-electron chi connectivity index (χ3n) is 20.6. The third-order valence-corrected chi connectivity index (χ3v) is 20.6. The van der Waals surface area contributed by atoms with Gasteiger partial charge in [0, 0.05) is 205 Å². The molecule has 1 fully saturated rings. The van der Waals surface area contributed by atoms with Crippen molar-refractivity contribution >= 4 is 85.8 Å². The van der Waals surface area contributed by atoms with E-state index in [1.165, 1.54) is 5.56 Å². The summed E-state index contributed by atoms with van der Waals surface area (Å²) in [6, 6.07) is 69.7. The molecular weight excluding hydrogens is 1550 g/mol. The van der Waals surface area contributed by atoms with Gasteiger partial charge in [-0.15, -0.1) is 0 Å². The lowest BCUT2D eigenvalue weighted by molar-refractivity contribution is 0.0643. The number of nitrogens with zero attached hydrogens (tertiary/aromatic N) is 10. The number of ether oxygens (including phenoxy) is 1. The van der Waals surface area contributed by atoms with Gasteiger partial charge in [-0.25, -0.2) is 19.9 Å². The number of pyridine rings is 8. The average molecular weight is 1640 g/mol. The minimum Gasteiger partial charge on any atom is -0.497 e. The van der Waals surface area contributed by atoms with Gasteiger partial charge in [0.1, 0.15) is 5.75 Å². The molecule has 618 valence electrons. The largest absolute Gasteiger partial charge is 0.497 e. The molecule has 1 saturated heterocycles. The van der Waals surface area contributed by atoms with Crippen molar-refractivity contribution in [1.29, 1.82) is 0 Å². The number of nitrogens with one attached hydrogen (secondary N) is 10. The van der Waals surface area contributed by atoms with Crippen LogP contribution in [0.1, 0.15) is 70.3 Å². The first-order chi connectivity index (χ1) is 60.0. The Bertz CT molecular complexity index is 6800. The van der Waals surface area contributed by atoms with Crippen LogP contribution in [0.4, 0.5) is 45.5 Å². The molecule has 0 saturated carbocycles. The molecule has 0 spiro atoms. The van der Waals surface area contributed by atoms with Crippen molar-refractivity contribution in [2.75, 3.05) is 67.6 Å². The predicted octanol–water partition coefficient (Wildman–Crippen LogP) is 15.4. The number of amides is 3. The number of piperazine rings is 1. The van der Waals surface area contributed by atoms with E-state index in [0.717, 1.165) is 171 Å². The van der Waals surface area contributed by atoms with Crippen LogP contribution in [0, 0.1) is 0 Å². The van der Waals surface area contributed by atoms with Gasteiger partial charge in [0.15, 0.2) is 22.6 Å². The number of H-pyrrole nitrogens is 4.